The van der Waals surface area contributed by atoms with Crippen molar-refractivity contribution in [2.45, 2.75) is 76.4 Å². The van der Waals surface area contributed by atoms with Crippen LogP contribution >= 0.6 is 0 Å². The van der Waals surface area contributed by atoms with Crippen molar-refractivity contribution in [2.24, 2.45) is 23.5 Å². The van der Waals surface area contributed by atoms with Gasteiger partial charge in [-0.05, 0) is 82.0 Å². The summed E-state index contributed by atoms with van der Waals surface area (Å²) in [5.41, 5.74) is 8.13. The average Bonchev–Trinajstić information content (AvgIpc) is 2.43. The second-order valence-electron chi connectivity index (χ2n) is 7.11. The summed E-state index contributed by atoms with van der Waals surface area (Å²) >= 11 is 0. The van der Waals surface area contributed by atoms with Gasteiger partial charge in [-0.3, -0.25) is 0 Å². The van der Waals surface area contributed by atoms with Crippen molar-refractivity contribution in [3.63, 3.8) is 0 Å². The Morgan fingerprint density at radius 3 is 2.84 bits per heavy atom. The van der Waals surface area contributed by atoms with Crippen LogP contribution in [0.25, 0.3) is 0 Å². The van der Waals surface area contributed by atoms with Crippen LogP contribution in [0, 0.1) is 17.8 Å². The molecule has 0 spiro atoms. The van der Waals surface area contributed by atoms with Crippen molar-refractivity contribution in [3.8, 4) is 0 Å². The minimum absolute atomic E-state index is 0.0369. The van der Waals surface area contributed by atoms with Crippen LogP contribution in [0.3, 0.4) is 0 Å². The van der Waals surface area contributed by atoms with E-state index >= 15 is 0 Å². The number of fused-ring (bicyclic) bond motifs is 1. The molecule has 2 fully saturated rings. The summed E-state index contributed by atoms with van der Waals surface area (Å²) in [6.07, 6.45) is 14.7. The molecule has 0 saturated heterocycles. The van der Waals surface area contributed by atoms with E-state index in [-0.39, 0.29) is 6.10 Å². The molecule has 0 aromatic heterocycles. The first kappa shape index (κ1) is 13.6. The number of rotatable bonds is 2. The van der Waals surface area contributed by atoms with Crippen LogP contribution < -0.4 is 5.73 Å². The largest absolute Gasteiger partial charge is 0.393 e. The predicted molar refractivity (Wildman–Crippen MR) is 78.7 cm³/mol. The van der Waals surface area contributed by atoms with Gasteiger partial charge in [0.25, 0.3) is 0 Å². The smallest absolute Gasteiger partial charge is 0.0543 e. The molecule has 0 radical (unpaired) electrons. The van der Waals surface area contributed by atoms with Crippen molar-refractivity contribution >= 4 is 0 Å². The number of nitrogens with two attached hydrogens (primary N) is 1. The zero-order chi connectivity index (χ0) is 13.2. The molecule has 2 saturated carbocycles. The fourth-order valence-electron chi connectivity index (χ4n) is 4.79. The van der Waals surface area contributed by atoms with E-state index in [0.29, 0.717) is 12.0 Å². The van der Waals surface area contributed by atoms with Gasteiger partial charge in [0.2, 0.25) is 0 Å². The first-order valence-electron chi connectivity index (χ1n) is 8.35. The predicted octanol–water partition coefficient (Wildman–Crippen LogP) is 3.39. The molecular formula is C17H29NO. The molecule has 2 nitrogen and oxygen atoms in total. The quantitative estimate of drug-likeness (QED) is 0.750. The van der Waals surface area contributed by atoms with Gasteiger partial charge >= 0.3 is 0 Å². The summed E-state index contributed by atoms with van der Waals surface area (Å²) in [7, 11) is 0. The molecule has 3 aliphatic rings. The van der Waals surface area contributed by atoms with Crippen LogP contribution in [0.4, 0.5) is 0 Å². The maximum atomic E-state index is 9.88. The van der Waals surface area contributed by atoms with Gasteiger partial charge in [0.1, 0.15) is 0 Å². The molecular weight excluding hydrogens is 234 g/mol. The fraction of sp³-hybridized carbons (Fsp3) is 0.882. The molecule has 0 heterocycles. The zero-order valence-electron chi connectivity index (χ0n) is 12.1. The molecule has 0 aliphatic heterocycles. The molecule has 0 aromatic carbocycles. The van der Waals surface area contributed by atoms with Gasteiger partial charge in [-0.25, -0.2) is 0 Å². The highest BCUT2D eigenvalue weighted by molar-refractivity contribution is 5.09. The minimum atomic E-state index is -0.0369. The molecule has 3 N–H and O–H groups in total. The number of aliphatic hydroxyl groups is 1. The Labute approximate surface area is 117 Å². The minimum Gasteiger partial charge on any atom is -0.393 e. The molecule has 0 bridgehead atoms. The van der Waals surface area contributed by atoms with Crippen molar-refractivity contribution in [3.05, 3.63) is 11.6 Å². The highest BCUT2D eigenvalue weighted by Crippen LogP contribution is 2.46. The third-order valence-electron chi connectivity index (χ3n) is 5.87. The first-order valence-corrected chi connectivity index (χ1v) is 8.35. The molecule has 2 heteroatoms. The van der Waals surface area contributed by atoms with Crippen molar-refractivity contribution in [1.82, 2.24) is 0 Å². The Bertz CT molecular complexity index is 338. The summed E-state index contributed by atoms with van der Waals surface area (Å²) in [5.74, 6) is 2.23. The average molecular weight is 263 g/mol. The van der Waals surface area contributed by atoms with E-state index in [1.54, 1.807) is 5.57 Å². The molecule has 0 amide bonds. The normalized spacial score (nSPS) is 43.5. The second kappa shape index (κ2) is 5.97. The Hall–Kier alpha value is -0.340. The van der Waals surface area contributed by atoms with Crippen LogP contribution in [0.5, 0.6) is 0 Å². The maximum absolute atomic E-state index is 9.88. The molecule has 5 atom stereocenters. The fourth-order valence-corrected chi connectivity index (χ4v) is 4.79. The number of hydrogen-bond donors (Lipinski definition) is 2. The monoisotopic (exact) mass is 263 g/mol. The summed E-state index contributed by atoms with van der Waals surface area (Å²) in [4.78, 5) is 0. The maximum Gasteiger partial charge on any atom is 0.0543 e. The van der Waals surface area contributed by atoms with E-state index in [0.717, 1.165) is 24.7 Å². The van der Waals surface area contributed by atoms with E-state index < -0.39 is 0 Å². The highest BCUT2D eigenvalue weighted by atomic mass is 16.3. The molecule has 3 aliphatic carbocycles. The van der Waals surface area contributed by atoms with E-state index in [1.165, 1.54) is 51.4 Å². The van der Waals surface area contributed by atoms with E-state index in [1.807, 2.05) is 0 Å². The Kier molecular flexibility index (Phi) is 4.28. The van der Waals surface area contributed by atoms with Crippen LogP contribution in [0.1, 0.15) is 64.2 Å². The summed E-state index contributed by atoms with van der Waals surface area (Å²) < 4.78 is 0. The lowest BCUT2D eigenvalue weighted by atomic mass is 9.61. The van der Waals surface area contributed by atoms with Crippen LogP contribution in [-0.4, -0.2) is 17.3 Å². The molecule has 0 aromatic rings. The highest BCUT2D eigenvalue weighted by Gasteiger charge is 2.40. The van der Waals surface area contributed by atoms with Crippen LogP contribution in [0.15, 0.2) is 11.6 Å². The van der Waals surface area contributed by atoms with Gasteiger partial charge < -0.3 is 10.8 Å². The third-order valence-corrected chi connectivity index (χ3v) is 5.87. The van der Waals surface area contributed by atoms with Gasteiger partial charge in [-0.2, -0.15) is 0 Å². The van der Waals surface area contributed by atoms with Crippen molar-refractivity contribution in [2.75, 3.05) is 0 Å². The number of allylic oxidation sites excluding steroid dienone is 2. The summed E-state index contributed by atoms with van der Waals surface area (Å²) in [6, 6.07) is 0.402. The molecule has 5 unspecified atom stereocenters. The van der Waals surface area contributed by atoms with Gasteiger partial charge in [-0.1, -0.05) is 11.6 Å². The lowest BCUT2D eigenvalue weighted by molar-refractivity contribution is 0.0137. The Morgan fingerprint density at radius 1 is 1.16 bits per heavy atom. The number of aliphatic hydroxyl groups excluding tert-OH is 1. The van der Waals surface area contributed by atoms with E-state index in [4.69, 9.17) is 5.73 Å². The molecule has 19 heavy (non-hydrogen) atoms. The Morgan fingerprint density at radius 2 is 2.05 bits per heavy atom. The molecule has 108 valence electrons. The SMILES string of the molecule is NC1CCC2CC(O)CCC2C1CC1=CCCCC1. The summed E-state index contributed by atoms with van der Waals surface area (Å²) in [5, 5.41) is 9.88. The van der Waals surface area contributed by atoms with Crippen LogP contribution in [-0.2, 0) is 0 Å². The first-order chi connectivity index (χ1) is 9.24. The third kappa shape index (κ3) is 3.05. The molecule has 3 rings (SSSR count). The summed E-state index contributed by atoms with van der Waals surface area (Å²) in [6.45, 7) is 0. The standard InChI is InChI=1S/C17H29NO/c18-17-9-6-13-11-14(19)7-8-15(13)16(17)10-12-4-2-1-3-5-12/h4,13-17,19H,1-3,5-11,18H2. The zero-order valence-corrected chi connectivity index (χ0v) is 12.1. The van der Waals surface area contributed by atoms with Gasteiger partial charge in [-0.15, -0.1) is 0 Å². The van der Waals surface area contributed by atoms with Gasteiger partial charge in [0.05, 0.1) is 6.10 Å². The van der Waals surface area contributed by atoms with Crippen molar-refractivity contribution < 1.29 is 5.11 Å². The van der Waals surface area contributed by atoms with E-state index in [2.05, 4.69) is 6.08 Å². The van der Waals surface area contributed by atoms with Crippen molar-refractivity contribution in [1.29, 1.82) is 0 Å². The lowest BCUT2D eigenvalue weighted by Crippen LogP contribution is -2.46. The lowest BCUT2D eigenvalue weighted by Gasteiger charge is -2.46. The van der Waals surface area contributed by atoms with Gasteiger partial charge in [0.15, 0.2) is 0 Å². The Balaban J connectivity index is 1.68. The van der Waals surface area contributed by atoms with Gasteiger partial charge in [0, 0.05) is 6.04 Å². The van der Waals surface area contributed by atoms with Crippen LogP contribution in [0.2, 0.25) is 0 Å². The van der Waals surface area contributed by atoms with E-state index in [9.17, 15) is 5.11 Å². The second-order valence-corrected chi connectivity index (χ2v) is 7.11. The number of hydrogen-bond acceptors (Lipinski definition) is 2. The topological polar surface area (TPSA) is 46.2 Å².